The van der Waals surface area contributed by atoms with Crippen LogP contribution in [-0.4, -0.2) is 39.5 Å². The zero-order valence-corrected chi connectivity index (χ0v) is 13.6. The lowest BCUT2D eigenvalue weighted by Crippen LogP contribution is -2.32. The average Bonchev–Trinajstić information content (AvgIpc) is 2.89. The number of aromatic nitrogens is 1. The second kappa shape index (κ2) is 6.52. The first-order valence-corrected chi connectivity index (χ1v) is 9.40. The third-order valence-corrected chi connectivity index (χ3v) is 6.47. The first-order chi connectivity index (χ1) is 9.72. The molecule has 1 aliphatic heterocycles. The molecule has 0 spiro atoms. The fraction of sp³-hybridized carbons (Fsp3) is 0.500. The van der Waals surface area contributed by atoms with Crippen molar-refractivity contribution in [2.75, 3.05) is 25.4 Å². The number of hydrogen-bond acceptors (Lipinski definition) is 4. The number of nitrogens with zero attached hydrogens (tertiary/aromatic N) is 2. The Balaban J connectivity index is 1.65. The van der Waals surface area contributed by atoms with Crippen molar-refractivity contribution in [3.8, 4) is 0 Å². The van der Waals surface area contributed by atoms with E-state index in [1.807, 2.05) is 18.2 Å². The van der Waals surface area contributed by atoms with Crippen LogP contribution in [0.4, 0.5) is 0 Å². The minimum atomic E-state index is -1.00. The largest absolute Gasteiger partial charge is 0.302 e. The highest BCUT2D eigenvalue weighted by Crippen LogP contribution is 2.27. The van der Waals surface area contributed by atoms with Crippen LogP contribution >= 0.6 is 22.9 Å². The molecule has 3 rings (SSSR count). The van der Waals surface area contributed by atoms with E-state index in [9.17, 15) is 4.21 Å². The highest BCUT2D eigenvalue weighted by atomic mass is 35.5. The number of hydrogen-bond donors (Lipinski definition) is 0. The molecule has 1 saturated heterocycles. The second-order valence-electron chi connectivity index (χ2n) is 5.04. The number of fused-ring (bicyclic) bond motifs is 1. The Morgan fingerprint density at radius 3 is 2.90 bits per heavy atom. The lowest BCUT2D eigenvalue weighted by atomic mass is 10.1. The summed E-state index contributed by atoms with van der Waals surface area (Å²) in [6.45, 7) is 3.20. The minimum Gasteiger partial charge on any atom is -0.302 e. The predicted molar refractivity (Wildman–Crippen MR) is 86.2 cm³/mol. The summed E-state index contributed by atoms with van der Waals surface area (Å²) in [7, 11) is -1.00. The maximum Gasteiger partial charge on any atom is 0.181 e. The molecule has 6 heteroatoms. The Labute approximate surface area is 130 Å². The van der Waals surface area contributed by atoms with E-state index in [2.05, 4.69) is 9.88 Å². The number of rotatable bonds is 4. The summed E-state index contributed by atoms with van der Waals surface area (Å²) in [6, 6.07) is 5.63. The third kappa shape index (κ3) is 3.39. The number of halogens is 1. The van der Waals surface area contributed by atoms with Gasteiger partial charge in [-0.2, -0.15) is 0 Å². The van der Waals surface area contributed by atoms with Crippen LogP contribution < -0.4 is 0 Å². The fourth-order valence-electron chi connectivity index (χ4n) is 2.46. The Kier molecular flexibility index (Phi) is 4.71. The number of piperidine rings is 1. The second-order valence-corrected chi connectivity index (χ2v) is 8.26. The van der Waals surface area contributed by atoms with Crippen molar-refractivity contribution < 1.29 is 4.21 Å². The average molecular weight is 329 g/mol. The zero-order chi connectivity index (χ0) is 13.9. The van der Waals surface area contributed by atoms with Crippen molar-refractivity contribution >= 4 is 44.0 Å². The Morgan fingerprint density at radius 2 is 2.10 bits per heavy atom. The van der Waals surface area contributed by atoms with Crippen molar-refractivity contribution in [3.05, 3.63) is 23.2 Å². The van der Waals surface area contributed by atoms with E-state index >= 15 is 0 Å². The van der Waals surface area contributed by atoms with Crippen LogP contribution in [0.1, 0.15) is 19.3 Å². The SMILES string of the molecule is O=S(CCN1CCCCC1)c1nc2cc(Cl)ccc2s1. The summed E-state index contributed by atoms with van der Waals surface area (Å²) in [5, 5.41) is 0.674. The van der Waals surface area contributed by atoms with Gasteiger partial charge in [0, 0.05) is 17.3 Å². The summed E-state index contributed by atoms with van der Waals surface area (Å²) in [6.07, 6.45) is 3.87. The van der Waals surface area contributed by atoms with E-state index in [0.29, 0.717) is 10.8 Å². The molecule has 20 heavy (non-hydrogen) atoms. The quantitative estimate of drug-likeness (QED) is 0.860. The van der Waals surface area contributed by atoms with Crippen LogP contribution in [0.3, 0.4) is 0 Å². The molecular weight excluding hydrogens is 312 g/mol. The molecule has 108 valence electrons. The highest BCUT2D eigenvalue weighted by Gasteiger charge is 2.14. The minimum absolute atomic E-state index is 0.674. The molecule has 1 unspecified atom stereocenters. The van der Waals surface area contributed by atoms with Gasteiger partial charge < -0.3 is 4.90 Å². The van der Waals surface area contributed by atoms with Gasteiger partial charge in [0.2, 0.25) is 0 Å². The van der Waals surface area contributed by atoms with Gasteiger partial charge in [-0.05, 0) is 44.1 Å². The van der Waals surface area contributed by atoms with E-state index in [-0.39, 0.29) is 0 Å². The van der Waals surface area contributed by atoms with Crippen molar-refractivity contribution in [2.24, 2.45) is 0 Å². The van der Waals surface area contributed by atoms with Gasteiger partial charge in [0.1, 0.15) is 0 Å². The van der Waals surface area contributed by atoms with Gasteiger partial charge in [-0.25, -0.2) is 4.98 Å². The standard InChI is InChI=1S/C14H17ClN2OS2/c15-11-4-5-13-12(10-11)16-14(19-13)20(18)9-8-17-6-2-1-3-7-17/h4-5,10H,1-3,6-9H2. The maximum atomic E-state index is 12.3. The molecule has 0 N–H and O–H groups in total. The molecule has 0 bridgehead atoms. The summed E-state index contributed by atoms with van der Waals surface area (Å²) < 4.78 is 14.1. The zero-order valence-electron chi connectivity index (χ0n) is 11.2. The summed E-state index contributed by atoms with van der Waals surface area (Å²) in [5.74, 6) is 0.674. The Bertz CT molecular complexity index is 623. The molecule has 0 radical (unpaired) electrons. The van der Waals surface area contributed by atoms with Crippen LogP contribution in [0.25, 0.3) is 10.2 Å². The molecule has 3 nitrogen and oxygen atoms in total. The normalized spacial score (nSPS) is 18.4. The van der Waals surface area contributed by atoms with E-state index in [4.69, 9.17) is 11.6 Å². The molecule has 0 saturated carbocycles. The fourth-order valence-corrected chi connectivity index (χ4v) is 4.99. The molecule has 1 aliphatic rings. The summed E-state index contributed by atoms with van der Waals surface area (Å²) in [4.78, 5) is 6.86. The van der Waals surface area contributed by atoms with Crippen molar-refractivity contribution in [2.45, 2.75) is 23.6 Å². The van der Waals surface area contributed by atoms with Crippen molar-refractivity contribution in [1.82, 2.24) is 9.88 Å². The van der Waals surface area contributed by atoms with Gasteiger partial charge in [-0.3, -0.25) is 4.21 Å². The van der Waals surface area contributed by atoms with Crippen molar-refractivity contribution in [3.63, 3.8) is 0 Å². The lowest BCUT2D eigenvalue weighted by molar-refractivity contribution is 0.241. The number of benzene rings is 1. The van der Waals surface area contributed by atoms with E-state index < -0.39 is 10.8 Å². The topological polar surface area (TPSA) is 33.2 Å². The van der Waals surface area contributed by atoms with Crippen LogP contribution in [0.2, 0.25) is 5.02 Å². The Hall–Kier alpha value is -0.490. The van der Waals surface area contributed by atoms with Gasteiger partial charge in [0.15, 0.2) is 4.34 Å². The molecule has 1 aromatic carbocycles. The van der Waals surface area contributed by atoms with Gasteiger partial charge >= 0.3 is 0 Å². The van der Waals surface area contributed by atoms with Crippen LogP contribution in [-0.2, 0) is 10.8 Å². The van der Waals surface area contributed by atoms with E-state index in [1.54, 1.807) is 0 Å². The van der Waals surface area contributed by atoms with Crippen molar-refractivity contribution in [1.29, 1.82) is 0 Å². The van der Waals surface area contributed by atoms with Crippen LogP contribution in [0.5, 0.6) is 0 Å². The predicted octanol–water partition coefficient (Wildman–Crippen LogP) is 3.54. The van der Waals surface area contributed by atoms with Gasteiger partial charge in [0.25, 0.3) is 0 Å². The number of likely N-dealkylation sites (tertiary alicyclic amines) is 1. The summed E-state index contributed by atoms with van der Waals surface area (Å²) in [5.41, 5.74) is 0.851. The van der Waals surface area contributed by atoms with Gasteiger partial charge in [-0.15, -0.1) is 11.3 Å². The molecule has 1 atom stereocenters. The van der Waals surface area contributed by atoms with Gasteiger partial charge in [0.05, 0.1) is 21.0 Å². The van der Waals surface area contributed by atoms with E-state index in [1.165, 1.54) is 30.6 Å². The lowest BCUT2D eigenvalue weighted by Gasteiger charge is -2.25. The Morgan fingerprint density at radius 1 is 1.30 bits per heavy atom. The third-order valence-electron chi connectivity index (χ3n) is 3.57. The molecule has 2 aromatic rings. The first-order valence-electron chi connectivity index (χ1n) is 6.89. The number of thiazole rings is 1. The van der Waals surface area contributed by atoms with Gasteiger partial charge in [-0.1, -0.05) is 18.0 Å². The summed E-state index contributed by atoms with van der Waals surface area (Å²) >= 11 is 7.46. The molecule has 0 amide bonds. The smallest absolute Gasteiger partial charge is 0.181 e. The monoisotopic (exact) mass is 328 g/mol. The molecule has 0 aliphatic carbocycles. The highest BCUT2D eigenvalue weighted by molar-refractivity contribution is 7.87. The molecule has 1 fully saturated rings. The molecular formula is C14H17ClN2OS2. The first kappa shape index (κ1) is 14.4. The van der Waals surface area contributed by atoms with Crippen LogP contribution in [0.15, 0.2) is 22.5 Å². The van der Waals surface area contributed by atoms with Crippen LogP contribution in [0, 0.1) is 0 Å². The molecule has 2 heterocycles. The maximum absolute atomic E-state index is 12.3. The molecule has 1 aromatic heterocycles. The van der Waals surface area contributed by atoms with E-state index in [0.717, 1.165) is 34.2 Å².